The first-order valence-corrected chi connectivity index (χ1v) is 10.4. The number of sulfonamides is 1. The van der Waals surface area contributed by atoms with Crippen LogP contribution in [0.15, 0.2) is 34.7 Å². The molecule has 0 aliphatic carbocycles. The third-order valence-electron chi connectivity index (χ3n) is 4.03. The van der Waals surface area contributed by atoms with E-state index in [9.17, 15) is 8.42 Å². The van der Waals surface area contributed by atoms with E-state index in [-0.39, 0.29) is 16.7 Å². The van der Waals surface area contributed by atoms with Crippen molar-refractivity contribution in [2.24, 2.45) is 0 Å². The van der Waals surface area contributed by atoms with Gasteiger partial charge in [-0.15, -0.1) is 11.3 Å². The van der Waals surface area contributed by atoms with Crippen molar-refractivity contribution in [1.82, 2.24) is 14.6 Å². The van der Waals surface area contributed by atoms with E-state index < -0.39 is 10.0 Å². The Balaban J connectivity index is 1.77. The summed E-state index contributed by atoms with van der Waals surface area (Å²) in [6.07, 6.45) is 4.36. The van der Waals surface area contributed by atoms with Gasteiger partial charge in [0.2, 0.25) is 10.0 Å². The molecular formula is C16H19N5O3S2. The predicted octanol–water partition coefficient (Wildman–Crippen LogP) is 1.60. The summed E-state index contributed by atoms with van der Waals surface area (Å²) < 4.78 is 33.5. The average molecular weight is 393 g/mol. The zero-order valence-corrected chi connectivity index (χ0v) is 15.8. The van der Waals surface area contributed by atoms with Gasteiger partial charge in [0.25, 0.3) is 0 Å². The molecule has 1 fully saturated rings. The molecule has 1 aromatic carbocycles. The van der Waals surface area contributed by atoms with Crippen LogP contribution in [0.5, 0.6) is 5.75 Å². The molecule has 1 unspecified atom stereocenters. The molecule has 1 saturated heterocycles. The van der Waals surface area contributed by atoms with Gasteiger partial charge >= 0.3 is 0 Å². The van der Waals surface area contributed by atoms with E-state index >= 15 is 0 Å². The molecule has 26 heavy (non-hydrogen) atoms. The lowest BCUT2D eigenvalue weighted by Gasteiger charge is -2.16. The summed E-state index contributed by atoms with van der Waals surface area (Å²) in [6.45, 7) is 1.44. The van der Waals surface area contributed by atoms with Gasteiger partial charge in [0.05, 0.1) is 13.7 Å². The number of likely N-dealkylation sites (tertiary alicyclic amines) is 1. The summed E-state index contributed by atoms with van der Waals surface area (Å²) in [5.41, 5.74) is 0.659. The van der Waals surface area contributed by atoms with Crippen LogP contribution in [0.3, 0.4) is 0 Å². The van der Waals surface area contributed by atoms with Crippen LogP contribution >= 0.6 is 11.3 Å². The fraction of sp³-hybridized carbons (Fsp3) is 0.375. The molecule has 3 rings (SSSR count). The number of methoxy groups -OCH3 is 1. The Bertz CT molecular complexity index is 893. The summed E-state index contributed by atoms with van der Waals surface area (Å²) in [7, 11) is -2.34. The molecule has 0 saturated carbocycles. The molecule has 0 radical (unpaired) electrons. The fourth-order valence-electron chi connectivity index (χ4n) is 2.74. The number of rotatable bonds is 7. The number of nitrogens with zero attached hydrogens (tertiary/aromatic N) is 3. The number of aromatic nitrogens is 1. The first-order chi connectivity index (χ1) is 12.5. The largest absolute Gasteiger partial charge is 0.495 e. The van der Waals surface area contributed by atoms with Crippen LogP contribution in [0.25, 0.3) is 0 Å². The molecular weight excluding hydrogens is 374 g/mol. The zero-order valence-electron chi connectivity index (χ0n) is 14.2. The first kappa shape index (κ1) is 18.4. The Morgan fingerprint density at radius 3 is 3.00 bits per heavy atom. The lowest BCUT2D eigenvalue weighted by Crippen LogP contribution is -2.36. The minimum absolute atomic E-state index is 0.0690. The van der Waals surface area contributed by atoms with Crippen molar-refractivity contribution in [3.8, 4) is 11.9 Å². The van der Waals surface area contributed by atoms with Gasteiger partial charge in [-0.1, -0.05) is 0 Å². The van der Waals surface area contributed by atoms with Gasteiger partial charge in [0.15, 0.2) is 6.19 Å². The molecule has 1 atom stereocenters. The Hall–Kier alpha value is -2.35. The molecule has 1 aliphatic heterocycles. The Morgan fingerprint density at radius 2 is 2.35 bits per heavy atom. The van der Waals surface area contributed by atoms with Gasteiger partial charge in [0, 0.05) is 36.4 Å². The van der Waals surface area contributed by atoms with E-state index in [1.165, 1.54) is 23.3 Å². The molecule has 2 aromatic rings. The molecule has 138 valence electrons. The first-order valence-electron chi connectivity index (χ1n) is 7.99. The predicted molar refractivity (Wildman–Crippen MR) is 98.3 cm³/mol. The molecule has 2 heterocycles. The summed E-state index contributed by atoms with van der Waals surface area (Å²) in [5.74, 6) is 0.271. The van der Waals surface area contributed by atoms with E-state index in [4.69, 9.17) is 10.00 Å². The number of nitriles is 1. The van der Waals surface area contributed by atoms with E-state index in [2.05, 4.69) is 15.0 Å². The standard InChI is InChI=1S/C16H19N5O3S2/c1-24-14-3-2-12(19-9-16-18-5-7-25-16)8-15(14)26(22,23)20-13-4-6-21(10-13)11-17/h2-3,5,7-8,13,19-20H,4,6,9-10H2,1H3. The number of hydrogen-bond donors (Lipinski definition) is 2. The SMILES string of the molecule is COc1ccc(NCc2nccs2)cc1S(=O)(=O)NC1CCN(C#N)C1. The number of benzene rings is 1. The van der Waals surface area contributed by atoms with Gasteiger partial charge in [-0.05, 0) is 24.6 Å². The fourth-order valence-corrected chi connectivity index (χ4v) is 4.76. The number of hydrogen-bond acceptors (Lipinski definition) is 8. The highest BCUT2D eigenvalue weighted by Crippen LogP contribution is 2.28. The van der Waals surface area contributed by atoms with Crippen molar-refractivity contribution in [3.63, 3.8) is 0 Å². The van der Waals surface area contributed by atoms with Crippen molar-refractivity contribution >= 4 is 27.0 Å². The maximum absolute atomic E-state index is 12.8. The van der Waals surface area contributed by atoms with Crippen LogP contribution in [0, 0.1) is 11.5 Å². The lowest BCUT2D eigenvalue weighted by molar-refractivity contribution is 0.402. The third-order valence-corrected chi connectivity index (χ3v) is 6.35. The van der Waals surface area contributed by atoms with E-state index in [0.717, 1.165) is 5.01 Å². The molecule has 8 nitrogen and oxygen atoms in total. The van der Waals surface area contributed by atoms with Gasteiger partial charge in [-0.3, -0.25) is 0 Å². The topological polar surface area (TPSA) is 107 Å². The highest BCUT2D eigenvalue weighted by molar-refractivity contribution is 7.89. The minimum atomic E-state index is -3.78. The highest BCUT2D eigenvalue weighted by atomic mass is 32.2. The molecule has 0 spiro atoms. The normalized spacial score (nSPS) is 17.1. The zero-order chi connectivity index (χ0) is 18.6. The average Bonchev–Trinajstić information content (AvgIpc) is 3.31. The second-order valence-corrected chi connectivity index (χ2v) is 8.46. The smallest absolute Gasteiger partial charge is 0.244 e. The van der Waals surface area contributed by atoms with E-state index in [0.29, 0.717) is 31.7 Å². The van der Waals surface area contributed by atoms with Crippen molar-refractivity contribution in [1.29, 1.82) is 5.26 Å². The molecule has 1 aliphatic rings. The second-order valence-electron chi connectivity index (χ2n) is 5.80. The quantitative estimate of drug-likeness (QED) is 0.688. The van der Waals surface area contributed by atoms with Gasteiger partial charge in [-0.2, -0.15) is 5.26 Å². The summed E-state index contributed by atoms with van der Waals surface area (Å²) in [5, 5.41) is 14.9. The van der Waals surface area contributed by atoms with Gasteiger partial charge in [0.1, 0.15) is 15.7 Å². The number of thiazole rings is 1. The van der Waals surface area contributed by atoms with Crippen LogP contribution in [0.1, 0.15) is 11.4 Å². The van der Waals surface area contributed by atoms with E-state index in [1.54, 1.807) is 24.4 Å². The summed E-state index contributed by atoms with van der Waals surface area (Å²) in [6, 6.07) is 4.63. The molecule has 0 amide bonds. The van der Waals surface area contributed by atoms with Gasteiger partial charge < -0.3 is 15.0 Å². The minimum Gasteiger partial charge on any atom is -0.495 e. The number of anilines is 1. The Kier molecular flexibility index (Phi) is 5.61. The van der Waals surface area contributed by atoms with Crippen LogP contribution in [0.4, 0.5) is 5.69 Å². The maximum Gasteiger partial charge on any atom is 0.244 e. The van der Waals surface area contributed by atoms with Gasteiger partial charge in [-0.25, -0.2) is 18.1 Å². The number of ether oxygens (including phenoxy) is 1. The highest BCUT2D eigenvalue weighted by Gasteiger charge is 2.28. The monoisotopic (exact) mass is 393 g/mol. The Labute approximate surface area is 156 Å². The maximum atomic E-state index is 12.8. The van der Waals surface area contributed by atoms with Crippen LogP contribution in [-0.4, -0.2) is 44.5 Å². The molecule has 1 aromatic heterocycles. The van der Waals surface area contributed by atoms with Crippen LogP contribution in [0.2, 0.25) is 0 Å². The molecule has 10 heteroatoms. The van der Waals surface area contributed by atoms with E-state index in [1.807, 2.05) is 11.6 Å². The lowest BCUT2D eigenvalue weighted by atomic mass is 10.3. The summed E-state index contributed by atoms with van der Waals surface area (Å²) in [4.78, 5) is 5.80. The van der Waals surface area contributed by atoms with Crippen molar-refractivity contribution in [3.05, 3.63) is 34.8 Å². The Morgan fingerprint density at radius 1 is 1.50 bits per heavy atom. The second kappa shape index (κ2) is 7.90. The van der Waals surface area contributed by atoms with Crippen LogP contribution in [-0.2, 0) is 16.6 Å². The molecule has 0 bridgehead atoms. The molecule has 2 N–H and O–H groups in total. The third kappa shape index (κ3) is 4.24. The van der Waals surface area contributed by atoms with Crippen molar-refractivity contribution in [2.75, 3.05) is 25.5 Å². The number of nitrogens with one attached hydrogen (secondary N) is 2. The van der Waals surface area contributed by atoms with Crippen molar-refractivity contribution < 1.29 is 13.2 Å². The van der Waals surface area contributed by atoms with Crippen LogP contribution < -0.4 is 14.8 Å². The summed E-state index contributed by atoms with van der Waals surface area (Å²) >= 11 is 1.52. The van der Waals surface area contributed by atoms with Crippen molar-refractivity contribution in [2.45, 2.75) is 23.9 Å².